The number of benzene rings is 1. The molecule has 3 aliphatic heterocycles. The van der Waals surface area contributed by atoms with Crippen LogP contribution >= 0.6 is 23.2 Å². The molecule has 3 aromatic rings. The molecule has 0 unspecified atom stereocenters. The first kappa shape index (κ1) is 26.1. The lowest BCUT2D eigenvalue weighted by Gasteiger charge is -2.54. The van der Waals surface area contributed by atoms with Crippen LogP contribution in [0.4, 0.5) is 5.82 Å². The zero-order valence-corrected chi connectivity index (χ0v) is 24.7. The number of halogens is 2. The van der Waals surface area contributed by atoms with Gasteiger partial charge in [-0.3, -0.25) is 14.7 Å². The molecule has 2 N–H and O–H groups in total. The van der Waals surface area contributed by atoms with Gasteiger partial charge in [-0.25, -0.2) is 0 Å². The van der Waals surface area contributed by atoms with Crippen LogP contribution in [-0.4, -0.2) is 82.9 Å². The van der Waals surface area contributed by atoms with Crippen molar-refractivity contribution in [3.63, 3.8) is 0 Å². The summed E-state index contributed by atoms with van der Waals surface area (Å²) in [5.41, 5.74) is 4.51. The summed E-state index contributed by atoms with van der Waals surface area (Å²) < 4.78 is 7.88. The Bertz CT molecular complexity index is 1380. The third kappa shape index (κ3) is 4.38. The van der Waals surface area contributed by atoms with Crippen LogP contribution in [0.5, 0.6) is 0 Å². The Morgan fingerprint density at radius 1 is 1.08 bits per heavy atom. The summed E-state index contributed by atoms with van der Waals surface area (Å²) in [5, 5.41) is 18.4. The standard InChI is InChI=1S/C29H39Cl2N7O/c1-18-24(25-21-14-33-34-23(21)10-22(30)26(25)31)27(35-38(18)20-12-29(13-20)16-32-17-29)37-5-4-19(11-28(37,2)3)15-36-6-8-39-9-7-36/h10,14,19-20,32H,4-9,11-13,15-17H2,1-3H3,(H,33,34)/t19-/m1/s1. The van der Waals surface area contributed by atoms with Gasteiger partial charge >= 0.3 is 0 Å². The molecular weight excluding hydrogens is 533 g/mol. The summed E-state index contributed by atoms with van der Waals surface area (Å²) in [5.74, 6) is 1.69. The molecule has 5 heterocycles. The van der Waals surface area contributed by atoms with Crippen molar-refractivity contribution in [2.24, 2.45) is 11.3 Å². The van der Waals surface area contributed by atoms with Gasteiger partial charge in [0, 0.05) is 67.0 Å². The van der Waals surface area contributed by atoms with Crippen LogP contribution in [0.3, 0.4) is 0 Å². The number of nitrogens with zero attached hydrogens (tertiary/aromatic N) is 5. The first-order chi connectivity index (χ1) is 18.7. The summed E-state index contributed by atoms with van der Waals surface area (Å²) in [6.07, 6.45) is 6.49. The van der Waals surface area contributed by atoms with Crippen LogP contribution in [0.15, 0.2) is 12.3 Å². The third-order valence-electron chi connectivity index (χ3n) is 9.86. The van der Waals surface area contributed by atoms with E-state index in [4.69, 9.17) is 33.0 Å². The topological polar surface area (TPSA) is 74.2 Å². The molecule has 4 aliphatic rings. The van der Waals surface area contributed by atoms with E-state index in [2.05, 4.69) is 50.8 Å². The van der Waals surface area contributed by atoms with E-state index in [1.165, 1.54) is 12.8 Å². The number of ether oxygens (including phenoxy) is 1. The number of morpholine rings is 1. The minimum atomic E-state index is -0.0468. The Morgan fingerprint density at radius 3 is 2.54 bits per heavy atom. The van der Waals surface area contributed by atoms with Crippen LogP contribution in [-0.2, 0) is 4.74 Å². The van der Waals surface area contributed by atoms with Crippen LogP contribution in [0.25, 0.3) is 22.0 Å². The number of hydrogen-bond acceptors (Lipinski definition) is 6. The molecule has 10 heteroatoms. The highest BCUT2D eigenvalue weighted by atomic mass is 35.5. The average Bonchev–Trinajstić information content (AvgIpc) is 3.43. The molecule has 1 aromatic carbocycles. The van der Waals surface area contributed by atoms with E-state index in [1.54, 1.807) is 0 Å². The molecule has 4 fully saturated rings. The van der Waals surface area contributed by atoms with Gasteiger partial charge in [0.1, 0.15) is 0 Å². The van der Waals surface area contributed by atoms with Crippen LogP contribution < -0.4 is 10.2 Å². The molecule has 210 valence electrons. The van der Waals surface area contributed by atoms with E-state index < -0.39 is 0 Å². The lowest BCUT2D eigenvalue weighted by molar-refractivity contribution is 0.00155. The Hall–Kier alpha value is -1.84. The summed E-state index contributed by atoms with van der Waals surface area (Å²) in [7, 11) is 0. The van der Waals surface area contributed by atoms with Crippen molar-refractivity contribution in [1.29, 1.82) is 0 Å². The Kier molecular flexibility index (Phi) is 6.44. The van der Waals surface area contributed by atoms with Crippen molar-refractivity contribution in [1.82, 2.24) is 30.2 Å². The number of nitrogens with one attached hydrogen (secondary N) is 2. The van der Waals surface area contributed by atoms with E-state index in [9.17, 15) is 0 Å². The molecule has 1 atom stereocenters. The number of anilines is 1. The van der Waals surface area contributed by atoms with Crippen LogP contribution in [0.2, 0.25) is 10.0 Å². The lowest BCUT2D eigenvalue weighted by Crippen LogP contribution is -2.60. The van der Waals surface area contributed by atoms with Crippen molar-refractivity contribution in [3.8, 4) is 11.1 Å². The second kappa shape index (κ2) is 9.62. The van der Waals surface area contributed by atoms with E-state index >= 15 is 0 Å². The highest BCUT2D eigenvalue weighted by Crippen LogP contribution is 2.54. The molecule has 0 radical (unpaired) electrons. The number of aromatic nitrogens is 4. The maximum absolute atomic E-state index is 7.01. The second-order valence-corrected chi connectivity index (χ2v) is 13.8. The molecule has 1 aliphatic carbocycles. The Morgan fingerprint density at radius 2 is 1.85 bits per heavy atom. The summed E-state index contributed by atoms with van der Waals surface area (Å²) in [4.78, 5) is 5.12. The van der Waals surface area contributed by atoms with Gasteiger partial charge in [-0.2, -0.15) is 10.2 Å². The molecular formula is C29H39Cl2N7O. The van der Waals surface area contributed by atoms with Crippen molar-refractivity contribution in [3.05, 3.63) is 28.0 Å². The fraction of sp³-hybridized carbons (Fsp3) is 0.655. The molecule has 7 rings (SSSR count). The fourth-order valence-electron chi connectivity index (χ4n) is 7.73. The minimum Gasteiger partial charge on any atom is -0.379 e. The molecule has 1 saturated carbocycles. The Balaban J connectivity index is 1.28. The molecule has 2 aromatic heterocycles. The number of hydrogen-bond donors (Lipinski definition) is 2. The van der Waals surface area contributed by atoms with Crippen molar-refractivity contribution in [2.45, 2.75) is 58.0 Å². The predicted octanol–water partition coefficient (Wildman–Crippen LogP) is 5.29. The van der Waals surface area contributed by atoms with Crippen molar-refractivity contribution in [2.75, 3.05) is 57.4 Å². The van der Waals surface area contributed by atoms with E-state index in [1.807, 2.05) is 12.3 Å². The smallest absolute Gasteiger partial charge is 0.159 e. The first-order valence-electron chi connectivity index (χ1n) is 14.4. The average molecular weight is 573 g/mol. The first-order valence-corrected chi connectivity index (χ1v) is 15.2. The van der Waals surface area contributed by atoms with Gasteiger partial charge in [-0.15, -0.1) is 0 Å². The van der Waals surface area contributed by atoms with Gasteiger partial charge in [-0.05, 0) is 63.9 Å². The minimum absolute atomic E-state index is 0.0468. The number of fused-ring (bicyclic) bond motifs is 1. The van der Waals surface area contributed by atoms with Gasteiger partial charge in [-0.1, -0.05) is 23.2 Å². The van der Waals surface area contributed by atoms with Gasteiger partial charge in [0.2, 0.25) is 0 Å². The van der Waals surface area contributed by atoms with Gasteiger partial charge in [0.15, 0.2) is 5.82 Å². The van der Waals surface area contributed by atoms with Crippen LogP contribution in [0, 0.1) is 18.3 Å². The lowest BCUT2D eigenvalue weighted by atomic mass is 9.61. The molecule has 3 saturated heterocycles. The zero-order chi connectivity index (χ0) is 26.9. The van der Waals surface area contributed by atoms with E-state index in [0.717, 1.165) is 98.9 Å². The number of aromatic amines is 1. The quantitative estimate of drug-likeness (QED) is 0.433. The highest BCUT2D eigenvalue weighted by Gasteiger charge is 2.50. The Labute approximate surface area is 240 Å². The second-order valence-electron chi connectivity index (χ2n) is 13.0. The molecule has 1 spiro atoms. The van der Waals surface area contributed by atoms with Crippen molar-refractivity contribution >= 4 is 39.9 Å². The summed E-state index contributed by atoms with van der Waals surface area (Å²) >= 11 is 13.7. The van der Waals surface area contributed by atoms with Crippen molar-refractivity contribution < 1.29 is 4.74 Å². The third-order valence-corrected chi connectivity index (χ3v) is 10.6. The maximum atomic E-state index is 7.01. The number of H-pyrrole nitrogens is 1. The predicted molar refractivity (Wildman–Crippen MR) is 157 cm³/mol. The number of piperidine rings is 1. The fourth-order valence-corrected chi connectivity index (χ4v) is 8.18. The molecule has 0 bridgehead atoms. The monoisotopic (exact) mass is 571 g/mol. The zero-order valence-electron chi connectivity index (χ0n) is 23.2. The molecule has 8 nitrogen and oxygen atoms in total. The van der Waals surface area contributed by atoms with E-state index in [0.29, 0.717) is 27.4 Å². The SMILES string of the molecule is Cc1c(-c2c(Cl)c(Cl)cc3[nH]ncc23)c(N2CC[C@@H](CN3CCOCC3)CC2(C)C)nn1C1CC2(CNC2)C1. The summed E-state index contributed by atoms with van der Waals surface area (Å²) in [6.45, 7) is 15.1. The summed E-state index contributed by atoms with van der Waals surface area (Å²) in [6, 6.07) is 2.29. The van der Waals surface area contributed by atoms with Gasteiger partial charge in [0.25, 0.3) is 0 Å². The van der Waals surface area contributed by atoms with Gasteiger partial charge in [0.05, 0.1) is 41.0 Å². The maximum Gasteiger partial charge on any atom is 0.159 e. The largest absolute Gasteiger partial charge is 0.379 e. The number of rotatable bonds is 5. The molecule has 39 heavy (non-hydrogen) atoms. The highest BCUT2D eigenvalue weighted by molar-refractivity contribution is 6.45. The molecule has 0 amide bonds. The normalized spacial score (nSPS) is 25.3. The van der Waals surface area contributed by atoms with E-state index in [-0.39, 0.29) is 5.54 Å². The van der Waals surface area contributed by atoms with Gasteiger partial charge < -0.3 is 15.0 Å². The van der Waals surface area contributed by atoms with Crippen LogP contribution in [0.1, 0.15) is 51.3 Å².